The zero-order valence-corrected chi connectivity index (χ0v) is 16.1. The number of carbonyl (C=O) groups is 1. The average molecular weight is 342 g/mol. The van der Waals surface area contributed by atoms with Gasteiger partial charge < -0.3 is 5.32 Å². The van der Waals surface area contributed by atoms with Crippen LogP contribution in [0.2, 0.25) is 0 Å². The molecule has 0 radical (unpaired) electrons. The molecule has 0 heterocycles. The highest BCUT2D eigenvalue weighted by Crippen LogP contribution is 2.22. The summed E-state index contributed by atoms with van der Waals surface area (Å²) >= 11 is 1.66. The summed E-state index contributed by atoms with van der Waals surface area (Å²) in [7, 11) is 0. The van der Waals surface area contributed by atoms with Gasteiger partial charge in [0.2, 0.25) is 5.91 Å². The van der Waals surface area contributed by atoms with E-state index >= 15 is 0 Å². The lowest BCUT2D eigenvalue weighted by molar-refractivity contribution is -0.119. The molecular formula is C21H27NOS. The van der Waals surface area contributed by atoms with Gasteiger partial charge in [-0.1, -0.05) is 36.4 Å². The lowest BCUT2D eigenvalue weighted by Crippen LogP contribution is -2.28. The predicted molar refractivity (Wildman–Crippen MR) is 105 cm³/mol. The van der Waals surface area contributed by atoms with E-state index in [9.17, 15) is 4.79 Å². The standard InChI is InChI=1S/C21H27NOS/c1-14-8-6-7-9-19(14)12-24-13-21(23)22-18(5)20-11-16(3)15(2)10-17(20)4/h6-11,18H,12-13H2,1-5H3,(H,22,23). The Morgan fingerprint density at radius 2 is 1.67 bits per heavy atom. The Morgan fingerprint density at radius 1 is 1.00 bits per heavy atom. The molecular weight excluding hydrogens is 314 g/mol. The lowest BCUT2D eigenvalue weighted by atomic mass is 9.96. The van der Waals surface area contributed by atoms with Crippen LogP contribution in [0.3, 0.4) is 0 Å². The number of rotatable bonds is 6. The topological polar surface area (TPSA) is 29.1 Å². The maximum absolute atomic E-state index is 12.2. The second-order valence-electron chi connectivity index (χ2n) is 6.50. The predicted octanol–water partition coefficient (Wildman–Crippen LogP) is 5.03. The molecule has 128 valence electrons. The van der Waals surface area contributed by atoms with Gasteiger partial charge in [-0.25, -0.2) is 0 Å². The Morgan fingerprint density at radius 3 is 2.38 bits per heavy atom. The summed E-state index contributed by atoms with van der Waals surface area (Å²) < 4.78 is 0. The molecule has 0 saturated heterocycles. The highest BCUT2D eigenvalue weighted by atomic mass is 32.2. The van der Waals surface area contributed by atoms with Crippen LogP contribution in [0, 0.1) is 27.7 Å². The fourth-order valence-corrected chi connectivity index (χ4v) is 3.75. The smallest absolute Gasteiger partial charge is 0.230 e. The first-order chi connectivity index (χ1) is 11.4. The zero-order chi connectivity index (χ0) is 17.7. The minimum Gasteiger partial charge on any atom is -0.349 e. The van der Waals surface area contributed by atoms with E-state index in [0.717, 1.165) is 5.75 Å². The number of nitrogens with one attached hydrogen (secondary N) is 1. The molecule has 1 atom stereocenters. The van der Waals surface area contributed by atoms with Crippen molar-refractivity contribution in [2.24, 2.45) is 0 Å². The van der Waals surface area contributed by atoms with Crippen molar-refractivity contribution in [1.29, 1.82) is 0 Å². The first-order valence-corrected chi connectivity index (χ1v) is 9.53. The highest BCUT2D eigenvalue weighted by molar-refractivity contribution is 7.99. The van der Waals surface area contributed by atoms with Crippen LogP contribution in [0.25, 0.3) is 0 Å². The Hall–Kier alpha value is -1.74. The third-order valence-corrected chi connectivity index (χ3v) is 5.46. The number of hydrogen-bond acceptors (Lipinski definition) is 2. The van der Waals surface area contributed by atoms with Crippen molar-refractivity contribution in [3.05, 3.63) is 69.8 Å². The Labute approximate surface area is 150 Å². The van der Waals surface area contributed by atoms with Crippen molar-refractivity contribution in [2.45, 2.75) is 46.4 Å². The van der Waals surface area contributed by atoms with Gasteiger partial charge in [0, 0.05) is 5.75 Å². The van der Waals surface area contributed by atoms with E-state index in [1.54, 1.807) is 11.8 Å². The molecule has 0 saturated carbocycles. The minimum atomic E-state index is 0.0378. The maximum Gasteiger partial charge on any atom is 0.230 e. The summed E-state index contributed by atoms with van der Waals surface area (Å²) in [5.41, 5.74) is 7.58. The number of amides is 1. The summed E-state index contributed by atoms with van der Waals surface area (Å²) in [6, 6.07) is 12.8. The summed E-state index contributed by atoms with van der Waals surface area (Å²) in [4.78, 5) is 12.2. The third kappa shape index (κ3) is 4.88. The molecule has 2 aromatic rings. The molecule has 0 aliphatic heterocycles. The largest absolute Gasteiger partial charge is 0.349 e. The van der Waals surface area contributed by atoms with Crippen molar-refractivity contribution in [3.63, 3.8) is 0 Å². The molecule has 1 N–H and O–H groups in total. The van der Waals surface area contributed by atoms with Crippen molar-refractivity contribution in [1.82, 2.24) is 5.32 Å². The second kappa shape index (κ2) is 8.39. The van der Waals surface area contributed by atoms with Crippen molar-refractivity contribution in [2.75, 3.05) is 5.75 Å². The average Bonchev–Trinajstić information content (AvgIpc) is 2.52. The van der Waals surface area contributed by atoms with Gasteiger partial charge in [-0.2, -0.15) is 0 Å². The van der Waals surface area contributed by atoms with Crippen LogP contribution in [0.15, 0.2) is 36.4 Å². The van der Waals surface area contributed by atoms with E-state index in [1.165, 1.54) is 33.4 Å². The second-order valence-corrected chi connectivity index (χ2v) is 7.49. The molecule has 0 aliphatic rings. The highest BCUT2D eigenvalue weighted by Gasteiger charge is 2.13. The molecule has 24 heavy (non-hydrogen) atoms. The molecule has 0 bridgehead atoms. The first-order valence-electron chi connectivity index (χ1n) is 8.38. The van der Waals surface area contributed by atoms with Gasteiger partial charge in [-0.15, -0.1) is 11.8 Å². The minimum absolute atomic E-state index is 0.0378. The number of thioether (sulfide) groups is 1. The zero-order valence-electron chi connectivity index (χ0n) is 15.3. The number of benzene rings is 2. The fraction of sp³-hybridized carbons (Fsp3) is 0.381. The van der Waals surface area contributed by atoms with Crippen LogP contribution in [0.5, 0.6) is 0 Å². The number of aryl methyl sites for hydroxylation is 4. The fourth-order valence-electron chi connectivity index (χ4n) is 2.84. The van der Waals surface area contributed by atoms with Crippen LogP contribution < -0.4 is 5.32 Å². The first kappa shape index (κ1) is 18.6. The molecule has 0 aromatic heterocycles. The number of carbonyl (C=O) groups excluding carboxylic acids is 1. The van der Waals surface area contributed by atoms with Crippen LogP contribution in [0.4, 0.5) is 0 Å². The number of hydrogen-bond donors (Lipinski definition) is 1. The SMILES string of the molecule is Cc1cc(C)c(C(C)NC(=O)CSCc2ccccc2C)cc1C. The van der Waals surface area contributed by atoms with E-state index < -0.39 is 0 Å². The van der Waals surface area contributed by atoms with E-state index in [0.29, 0.717) is 5.75 Å². The Kier molecular flexibility index (Phi) is 6.50. The van der Waals surface area contributed by atoms with Crippen LogP contribution in [0.1, 0.15) is 46.3 Å². The Balaban J connectivity index is 1.88. The molecule has 1 unspecified atom stereocenters. The molecule has 1 amide bonds. The molecule has 2 aromatic carbocycles. The third-order valence-electron chi connectivity index (χ3n) is 4.48. The monoisotopic (exact) mass is 341 g/mol. The van der Waals surface area contributed by atoms with Crippen LogP contribution >= 0.6 is 11.8 Å². The van der Waals surface area contributed by atoms with E-state index in [4.69, 9.17) is 0 Å². The van der Waals surface area contributed by atoms with Gasteiger partial charge in [-0.05, 0) is 68.0 Å². The quantitative estimate of drug-likeness (QED) is 0.798. The van der Waals surface area contributed by atoms with Gasteiger partial charge >= 0.3 is 0 Å². The van der Waals surface area contributed by atoms with E-state index in [-0.39, 0.29) is 11.9 Å². The van der Waals surface area contributed by atoms with Crippen LogP contribution in [-0.4, -0.2) is 11.7 Å². The van der Waals surface area contributed by atoms with Crippen molar-refractivity contribution >= 4 is 17.7 Å². The van der Waals surface area contributed by atoms with E-state index in [2.05, 4.69) is 64.2 Å². The van der Waals surface area contributed by atoms with Gasteiger partial charge in [0.05, 0.1) is 11.8 Å². The Bertz CT molecular complexity index is 724. The van der Waals surface area contributed by atoms with Crippen molar-refractivity contribution < 1.29 is 4.79 Å². The molecule has 2 rings (SSSR count). The molecule has 0 spiro atoms. The molecule has 0 fully saturated rings. The molecule has 2 nitrogen and oxygen atoms in total. The maximum atomic E-state index is 12.2. The van der Waals surface area contributed by atoms with Gasteiger partial charge in [0.25, 0.3) is 0 Å². The molecule has 0 aliphatic carbocycles. The lowest BCUT2D eigenvalue weighted by Gasteiger charge is -2.18. The van der Waals surface area contributed by atoms with Crippen LogP contribution in [-0.2, 0) is 10.5 Å². The summed E-state index contributed by atoms with van der Waals surface area (Å²) in [6.07, 6.45) is 0. The van der Waals surface area contributed by atoms with Crippen molar-refractivity contribution in [3.8, 4) is 0 Å². The van der Waals surface area contributed by atoms with Gasteiger partial charge in [-0.3, -0.25) is 4.79 Å². The molecule has 3 heteroatoms. The summed E-state index contributed by atoms with van der Waals surface area (Å²) in [6.45, 7) is 10.5. The normalized spacial score (nSPS) is 12.0. The van der Waals surface area contributed by atoms with Gasteiger partial charge in [0.15, 0.2) is 0 Å². The summed E-state index contributed by atoms with van der Waals surface area (Å²) in [5, 5.41) is 3.12. The summed E-state index contributed by atoms with van der Waals surface area (Å²) in [5.74, 6) is 1.46. The van der Waals surface area contributed by atoms with E-state index in [1.807, 2.05) is 12.1 Å². The van der Waals surface area contributed by atoms with Gasteiger partial charge in [0.1, 0.15) is 0 Å².